The molecule has 2 aliphatic heterocycles. The Morgan fingerprint density at radius 2 is 0.925 bits per heavy atom. The van der Waals surface area contributed by atoms with Crippen molar-refractivity contribution in [2.24, 2.45) is 0 Å². The second kappa shape index (κ2) is 10.6. The van der Waals surface area contributed by atoms with E-state index in [2.05, 4.69) is 154 Å². The van der Waals surface area contributed by atoms with Crippen molar-refractivity contribution in [1.82, 2.24) is 9.13 Å². The molecule has 12 rings (SSSR count). The molecule has 0 saturated carbocycles. The zero-order chi connectivity index (χ0) is 34.6. The first-order chi connectivity index (χ1) is 26.3. The number of ether oxygens (including phenoxy) is 2. The predicted molar refractivity (Wildman–Crippen MR) is 215 cm³/mol. The maximum absolute atomic E-state index is 6.39. The third-order valence-corrected chi connectivity index (χ3v) is 10.9. The topological polar surface area (TPSA) is 31.6 Å². The molecule has 5 nitrogen and oxygen atoms in total. The summed E-state index contributed by atoms with van der Waals surface area (Å²) in [4.78, 5) is 2.31. The molecule has 0 unspecified atom stereocenters. The van der Waals surface area contributed by atoms with Gasteiger partial charge in [0.15, 0.2) is 23.0 Å². The number of nitrogens with zero attached hydrogens (tertiary/aromatic N) is 3. The van der Waals surface area contributed by atoms with Crippen LogP contribution in [0.15, 0.2) is 176 Å². The molecule has 0 spiro atoms. The fourth-order valence-corrected chi connectivity index (χ4v) is 8.66. The third-order valence-electron chi connectivity index (χ3n) is 10.9. The lowest BCUT2D eigenvalue weighted by Gasteiger charge is -2.32. The van der Waals surface area contributed by atoms with Crippen LogP contribution in [0.3, 0.4) is 0 Å². The Hall–Kier alpha value is -7.24. The van der Waals surface area contributed by atoms with Crippen LogP contribution in [0.2, 0.25) is 0 Å². The van der Waals surface area contributed by atoms with Crippen LogP contribution in [0.5, 0.6) is 23.0 Å². The molecule has 0 atom stereocenters. The van der Waals surface area contributed by atoms with Crippen LogP contribution in [-0.4, -0.2) is 9.13 Å². The van der Waals surface area contributed by atoms with Crippen molar-refractivity contribution in [2.75, 3.05) is 4.90 Å². The van der Waals surface area contributed by atoms with Crippen molar-refractivity contribution in [2.45, 2.75) is 0 Å². The van der Waals surface area contributed by atoms with Gasteiger partial charge in [0.1, 0.15) is 0 Å². The van der Waals surface area contributed by atoms with Gasteiger partial charge in [0.2, 0.25) is 0 Å². The average Bonchev–Trinajstić information content (AvgIpc) is 3.74. The smallest absolute Gasteiger partial charge is 0.152 e. The molecule has 0 saturated heterocycles. The Kier molecular flexibility index (Phi) is 5.71. The van der Waals surface area contributed by atoms with E-state index in [1.165, 1.54) is 43.7 Å². The van der Waals surface area contributed by atoms with Crippen LogP contribution < -0.4 is 14.4 Å². The highest BCUT2D eigenvalue weighted by Crippen LogP contribution is 2.51. The minimum absolute atomic E-state index is 0.848. The Labute approximate surface area is 304 Å². The maximum atomic E-state index is 6.39. The summed E-state index contributed by atoms with van der Waals surface area (Å²) >= 11 is 0. The van der Waals surface area contributed by atoms with Crippen molar-refractivity contribution >= 4 is 60.7 Å². The summed E-state index contributed by atoms with van der Waals surface area (Å²) in [5.41, 5.74) is 12.3. The van der Waals surface area contributed by atoms with Gasteiger partial charge < -0.3 is 23.5 Å². The van der Waals surface area contributed by atoms with E-state index in [0.29, 0.717) is 0 Å². The minimum atomic E-state index is 0.848. The van der Waals surface area contributed by atoms with Crippen molar-refractivity contribution in [3.8, 4) is 45.5 Å². The van der Waals surface area contributed by atoms with E-state index >= 15 is 0 Å². The van der Waals surface area contributed by atoms with Gasteiger partial charge in [0.05, 0.1) is 39.1 Å². The molecule has 248 valence electrons. The monoisotopic (exact) mass is 679 g/mol. The van der Waals surface area contributed by atoms with Gasteiger partial charge in [-0.1, -0.05) is 91.0 Å². The van der Waals surface area contributed by atoms with E-state index < -0.39 is 0 Å². The molecule has 2 aromatic heterocycles. The highest BCUT2D eigenvalue weighted by atomic mass is 16.5. The first kappa shape index (κ1) is 28.5. The lowest BCUT2D eigenvalue weighted by Crippen LogP contribution is -2.15. The summed E-state index contributed by atoms with van der Waals surface area (Å²) in [5.74, 6) is 3.45. The molecule has 0 aliphatic carbocycles. The van der Waals surface area contributed by atoms with Gasteiger partial charge in [-0.15, -0.1) is 0 Å². The Balaban J connectivity index is 1.01. The van der Waals surface area contributed by atoms with Gasteiger partial charge in [-0.3, -0.25) is 0 Å². The lowest BCUT2D eigenvalue weighted by atomic mass is 9.99. The SMILES string of the molecule is c1ccc2c(c1)Oc1ccccc1N2c1ccc2c(c1)c1ccccc1n2-c1ccc(-c2cccc3c2c2cccc4c2n3-c2ccccc2O4)cc1. The van der Waals surface area contributed by atoms with Gasteiger partial charge in [0, 0.05) is 32.9 Å². The number of hydrogen-bond donors (Lipinski definition) is 0. The van der Waals surface area contributed by atoms with E-state index in [9.17, 15) is 0 Å². The van der Waals surface area contributed by atoms with Crippen molar-refractivity contribution in [1.29, 1.82) is 0 Å². The van der Waals surface area contributed by atoms with Crippen molar-refractivity contribution in [3.05, 3.63) is 176 Å². The number of para-hydroxylation sites is 8. The molecular weight excluding hydrogens is 651 g/mol. The van der Waals surface area contributed by atoms with Crippen molar-refractivity contribution < 1.29 is 9.47 Å². The summed E-state index contributed by atoms with van der Waals surface area (Å²) in [6.07, 6.45) is 0. The largest absolute Gasteiger partial charge is 0.453 e. The second-order valence-corrected chi connectivity index (χ2v) is 13.7. The number of fused-ring (bicyclic) bond motifs is 10. The number of benzene rings is 8. The Morgan fingerprint density at radius 1 is 0.358 bits per heavy atom. The van der Waals surface area contributed by atoms with Crippen LogP contribution >= 0.6 is 0 Å². The molecule has 2 aliphatic rings. The van der Waals surface area contributed by atoms with Crippen LogP contribution in [0.1, 0.15) is 0 Å². The molecule has 0 N–H and O–H groups in total. The normalized spacial score (nSPS) is 12.8. The Bertz CT molecular complexity index is 3090. The second-order valence-electron chi connectivity index (χ2n) is 13.7. The Morgan fingerprint density at radius 3 is 1.72 bits per heavy atom. The van der Waals surface area contributed by atoms with Gasteiger partial charge in [-0.2, -0.15) is 0 Å². The van der Waals surface area contributed by atoms with Crippen molar-refractivity contribution in [3.63, 3.8) is 0 Å². The van der Waals surface area contributed by atoms with Crippen LogP contribution in [0.4, 0.5) is 17.1 Å². The number of anilines is 3. The summed E-state index contributed by atoms with van der Waals surface area (Å²) < 4.78 is 17.4. The first-order valence-corrected chi connectivity index (χ1v) is 17.9. The zero-order valence-corrected chi connectivity index (χ0v) is 28.4. The van der Waals surface area contributed by atoms with Gasteiger partial charge >= 0.3 is 0 Å². The highest BCUT2D eigenvalue weighted by molar-refractivity contribution is 6.18. The van der Waals surface area contributed by atoms with E-state index in [1.54, 1.807) is 0 Å². The van der Waals surface area contributed by atoms with Crippen LogP contribution in [-0.2, 0) is 0 Å². The molecule has 5 heteroatoms. The summed E-state index contributed by atoms with van der Waals surface area (Å²) in [5, 5.41) is 4.83. The molecule has 0 amide bonds. The van der Waals surface area contributed by atoms with Gasteiger partial charge in [-0.25, -0.2) is 0 Å². The van der Waals surface area contributed by atoms with Crippen LogP contribution in [0, 0.1) is 0 Å². The number of rotatable bonds is 3. The summed E-state index contributed by atoms with van der Waals surface area (Å²) in [6.45, 7) is 0. The molecule has 0 radical (unpaired) electrons. The number of hydrogen-bond acceptors (Lipinski definition) is 3. The van der Waals surface area contributed by atoms with E-state index in [4.69, 9.17) is 9.47 Å². The van der Waals surface area contributed by atoms with Gasteiger partial charge in [0.25, 0.3) is 0 Å². The van der Waals surface area contributed by atoms with E-state index in [1.807, 2.05) is 36.4 Å². The summed E-state index contributed by atoms with van der Waals surface area (Å²) in [6, 6.07) is 62.3. The standard InChI is InChI=1S/C48H29N3O2/c1-2-14-37-34(11-1)36-29-32(50-39-15-3-6-19-43(39)52-44-20-7-4-16-40(44)50)27-28-38(36)49(37)31-25-23-30(24-26-31)33-12-9-18-42-47(33)35-13-10-22-46-48(35)51(42)41-17-5-8-21-45(41)53-46/h1-29H. The zero-order valence-electron chi connectivity index (χ0n) is 28.4. The molecule has 53 heavy (non-hydrogen) atoms. The van der Waals surface area contributed by atoms with Gasteiger partial charge in [-0.05, 0) is 96.1 Å². The van der Waals surface area contributed by atoms with E-state index in [0.717, 1.165) is 62.5 Å². The number of aromatic nitrogens is 2. The minimum Gasteiger partial charge on any atom is -0.453 e. The van der Waals surface area contributed by atoms with E-state index in [-0.39, 0.29) is 0 Å². The predicted octanol–water partition coefficient (Wildman–Crippen LogP) is 13.2. The highest BCUT2D eigenvalue weighted by Gasteiger charge is 2.27. The molecule has 0 fully saturated rings. The lowest BCUT2D eigenvalue weighted by molar-refractivity contribution is 0.476. The fraction of sp³-hybridized carbons (Fsp3) is 0. The molecule has 10 aromatic rings. The van der Waals surface area contributed by atoms with Crippen LogP contribution in [0.25, 0.3) is 66.1 Å². The molecule has 0 bridgehead atoms. The quantitative estimate of drug-likeness (QED) is 0.186. The molecule has 4 heterocycles. The molecular formula is C48H29N3O2. The first-order valence-electron chi connectivity index (χ1n) is 17.9. The summed E-state index contributed by atoms with van der Waals surface area (Å²) in [7, 11) is 0. The maximum Gasteiger partial charge on any atom is 0.152 e. The fourth-order valence-electron chi connectivity index (χ4n) is 8.66. The third kappa shape index (κ3) is 3.96. The molecule has 8 aromatic carbocycles. The average molecular weight is 680 g/mol.